The van der Waals surface area contributed by atoms with Gasteiger partial charge in [-0.25, -0.2) is 0 Å². The Morgan fingerprint density at radius 3 is 3.00 bits per heavy atom. The normalized spacial score (nSPS) is 28.4. The lowest BCUT2D eigenvalue weighted by molar-refractivity contribution is 0.259. The smallest absolute Gasteiger partial charge is 0.0560 e. The van der Waals surface area contributed by atoms with E-state index < -0.39 is 0 Å². The van der Waals surface area contributed by atoms with Crippen molar-refractivity contribution in [1.82, 2.24) is 15.1 Å². The molecule has 0 spiro atoms. The van der Waals surface area contributed by atoms with Crippen molar-refractivity contribution in [1.29, 1.82) is 0 Å². The molecule has 0 radical (unpaired) electrons. The Kier molecular flexibility index (Phi) is 2.84. The van der Waals surface area contributed by atoms with E-state index in [4.69, 9.17) is 5.73 Å². The van der Waals surface area contributed by atoms with Crippen LogP contribution in [0, 0.1) is 0 Å². The number of rotatable bonds is 4. The van der Waals surface area contributed by atoms with E-state index in [9.17, 15) is 0 Å². The summed E-state index contributed by atoms with van der Waals surface area (Å²) in [6.45, 7) is 3.12. The first kappa shape index (κ1) is 9.68. The summed E-state index contributed by atoms with van der Waals surface area (Å²) in [7, 11) is 0. The molecule has 0 amide bonds. The fraction of sp³-hybridized carbons (Fsp3) is 0.700. The quantitative estimate of drug-likeness (QED) is 0.727. The van der Waals surface area contributed by atoms with E-state index >= 15 is 0 Å². The van der Waals surface area contributed by atoms with Gasteiger partial charge in [0.2, 0.25) is 0 Å². The van der Waals surface area contributed by atoms with Gasteiger partial charge in [-0.1, -0.05) is 0 Å². The summed E-state index contributed by atoms with van der Waals surface area (Å²) in [5.41, 5.74) is 5.72. The van der Waals surface area contributed by atoms with Gasteiger partial charge in [0.15, 0.2) is 0 Å². The number of nitrogens with zero attached hydrogens (tertiary/aromatic N) is 2. The monoisotopic (exact) mass is 194 g/mol. The minimum Gasteiger partial charge on any atom is -0.328 e. The zero-order valence-corrected chi connectivity index (χ0v) is 8.56. The zero-order chi connectivity index (χ0) is 9.97. The topological polar surface area (TPSA) is 55.9 Å². The molecule has 3 N–H and O–H groups in total. The lowest BCUT2D eigenvalue weighted by atomic mass is 9.87. The highest BCUT2D eigenvalue weighted by Gasteiger charge is 2.26. The molecule has 1 atom stereocenters. The van der Waals surface area contributed by atoms with Crippen LogP contribution in [0.4, 0.5) is 0 Å². The number of nitrogens with two attached hydrogens (primary N) is 1. The van der Waals surface area contributed by atoms with Gasteiger partial charge in [0.1, 0.15) is 0 Å². The van der Waals surface area contributed by atoms with E-state index in [0.717, 1.165) is 19.4 Å². The van der Waals surface area contributed by atoms with Crippen LogP contribution in [0.25, 0.3) is 0 Å². The van der Waals surface area contributed by atoms with Crippen LogP contribution < -0.4 is 11.1 Å². The zero-order valence-electron chi connectivity index (χ0n) is 8.56. The van der Waals surface area contributed by atoms with Crippen molar-refractivity contribution in [2.45, 2.75) is 44.4 Å². The molecule has 78 valence electrons. The van der Waals surface area contributed by atoms with Crippen LogP contribution in [0.2, 0.25) is 0 Å². The van der Waals surface area contributed by atoms with Crippen molar-refractivity contribution in [3.05, 3.63) is 18.5 Å². The Balaban J connectivity index is 1.71. The molecule has 0 aromatic carbocycles. The van der Waals surface area contributed by atoms with Gasteiger partial charge in [-0.2, -0.15) is 5.10 Å². The standard InChI is InChI=1S/C10H18N4/c1-8(7-14-4-2-3-12-14)13-10-5-9(11)6-10/h2-4,8-10,13H,5-7,11H2,1H3. The fourth-order valence-electron chi connectivity index (χ4n) is 1.94. The Bertz CT molecular complexity index is 264. The first-order chi connectivity index (χ1) is 6.74. The van der Waals surface area contributed by atoms with Gasteiger partial charge in [-0.15, -0.1) is 0 Å². The van der Waals surface area contributed by atoms with Gasteiger partial charge in [-0.3, -0.25) is 4.68 Å². The van der Waals surface area contributed by atoms with Gasteiger partial charge in [-0.05, 0) is 25.8 Å². The van der Waals surface area contributed by atoms with Gasteiger partial charge in [0.05, 0.1) is 6.54 Å². The Morgan fingerprint density at radius 1 is 1.64 bits per heavy atom. The maximum atomic E-state index is 5.72. The summed E-state index contributed by atoms with van der Waals surface area (Å²) >= 11 is 0. The molecule has 1 heterocycles. The molecule has 0 bridgehead atoms. The van der Waals surface area contributed by atoms with Crippen LogP contribution in [0.5, 0.6) is 0 Å². The molecule has 14 heavy (non-hydrogen) atoms. The first-order valence-corrected chi connectivity index (χ1v) is 5.23. The molecule has 1 aliphatic rings. The first-order valence-electron chi connectivity index (χ1n) is 5.23. The molecule has 1 unspecified atom stereocenters. The summed E-state index contributed by atoms with van der Waals surface area (Å²) in [5, 5.41) is 7.72. The van der Waals surface area contributed by atoms with Crippen molar-refractivity contribution in [2.75, 3.05) is 0 Å². The summed E-state index contributed by atoms with van der Waals surface area (Å²) in [4.78, 5) is 0. The fourth-order valence-corrected chi connectivity index (χ4v) is 1.94. The van der Waals surface area contributed by atoms with Crippen LogP contribution in [-0.2, 0) is 6.54 Å². The maximum Gasteiger partial charge on any atom is 0.0560 e. The molecular formula is C10H18N4. The van der Waals surface area contributed by atoms with E-state index in [-0.39, 0.29) is 0 Å². The second-order valence-corrected chi connectivity index (χ2v) is 4.22. The molecule has 1 saturated carbocycles. The van der Waals surface area contributed by atoms with Gasteiger partial charge in [0, 0.05) is 30.5 Å². The van der Waals surface area contributed by atoms with E-state index in [1.54, 1.807) is 0 Å². The molecule has 1 aromatic heterocycles. The van der Waals surface area contributed by atoms with E-state index in [0.29, 0.717) is 18.1 Å². The number of aromatic nitrogens is 2. The molecule has 1 fully saturated rings. The lowest BCUT2D eigenvalue weighted by Gasteiger charge is -2.35. The molecule has 1 aliphatic carbocycles. The van der Waals surface area contributed by atoms with Crippen LogP contribution in [0.3, 0.4) is 0 Å². The molecule has 0 aliphatic heterocycles. The van der Waals surface area contributed by atoms with Crippen molar-refractivity contribution < 1.29 is 0 Å². The largest absolute Gasteiger partial charge is 0.328 e. The average Bonchev–Trinajstić information content (AvgIpc) is 2.54. The Morgan fingerprint density at radius 2 is 2.43 bits per heavy atom. The van der Waals surface area contributed by atoms with Crippen LogP contribution in [-0.4, -0.2) is 27.9 Å². The van der Waals surface area contributed by atoms with Crippen molar-refractivity contribution in [3.63, 3.8) is 0 Å². The second kappa shape index (κ2) is 4.11. The van der Waals surface area contributed by atoms with Crippen molar-refractivity contribution in [3.8, 4) is 0 Å². The third kappa shape index (κ3) is 2.33. The Labute approximate surface area is 84.5 Å². The van der Waals surface area contributed by atoms with Crippen LogP contribution in [0.1, 0.15) is 19.8 Å². The molecule has 1 aromatic rings. The lowest BCUT2D eigenvalue weighted by Crippen LogP contribution is -2.51. The summed E-state index contributed by atoms with van der Waals surface area (Å²) in [5.74, 6) is 0. The second-order valence-electron chi connectivity index (χ2n) is 4.22. The van der Waals surface area contributed by atoms with Crippen LogP contribution in [0.15, 0.2) is 18.5 Å². The van der Waals surface area contributed by atoms with E-state index in [1.807, 2.05) is 23.1 Å². The predicted octanol–water partition coefficient (Wildman–Crippen LogP) is 0.351. The summed E-state index contributed by atoms with van der Waals surface area (Å²) in [6, 6.07) is 3.46. The third-order valence-corrected chi connectivity index (χ3v) is 2.71. The molecular weight excluding hydrogens is 176 g/mol. The maximum absolute atomic E-state index is 5.72. The van der Waals surface area contributed by atoms with E-state index in [2.05, 4.69) is 17.3 Å². The molecule has 2 rings (SSSR count). The minimum absolute atomic E-state index is 0.421. The molecule has 4 nitrogen and oxygen atoms in total. The molecule has 0 saturated heterocycles. The highest BCUT2D eigenvalue weighted by molar-refractivity contribution is 4.89. The highest BCUT2D eigenvalue weighted by atomic mass is 15.3. The number of nitrogens with one attached hydrogen (secondary N) is 1. The van der Waals surface area contributed by atoms with Gasteiger partial charge < -0.3 is 11.1 Å². The summed E-state index contributed by atoms with van der Waals surface area (Å²) < 4.78 is 1.95. The predicted molar refractivity (Wildman–Crippen MR) is 55.8 cm³/mol. The van der Waals surface area contributed by atoms with Gasteiger partial charge in [0.25, 0.3) is 0 Å². The molecule has 4 heteroatoms. The summed E-state index contributed by atoms with van der Waals surface area (Å²) in [6.07, 6.45) is 6.03. The minimum atomic E-state index is 0.421. The number of hydrogen-bond acceptors (Lipinski definition) is 3. The van der Waals surface area contributed by atoms with E-state index in [1.165, 1.54) is 0 Å². The highest BCUT2D eigenvalue weighted by Crippen LogP contribution is 2.17. The number of hydrogen-bond donors (Lipinski definition) is 2. The average molecular weight is 194 g/mol. The SMILES string of the molecule is CC(Cn1cccn1)NC1CC(N)C1. The third-order valence-electron chi connectivity index (χ3n) is 2.71. The van der Waals surface area contributed by atoms with Crippen molar-refractivity contribution in [2.24, 2.45) is 5.73 Å². The van der Waals surface area contributed by atoms with Gasteiger partial charge >= 0.3 is 0 Å². The van der Waals surface area contributed by atoms with Crippen LogP contribution >= 0.6 is 0 Å². The Hall–Kier alpha value is -0.870. The van der Waals surface area contributed by atoms with Crippen molar-refractivity contribution >= 4 is 0 Å².